The van der Waals surface area contributed by atoms with Crippen molar-refractivity contribution in [1.82, 2.24) is 0 Å². The quantitative estimate of drug-likeness (QED) is 0.823. The maximum absolute atomic E-state index is 11.9. The van der Waals surface area contributed by atoms with Crippen LogP contribution in [0.15, 0.2) is 24.3 Å². The molecular formula is C13H18ClNO2. The number of ether oxygens (including phenoxy) is 1. The smallest absolute Gasteiger partial charge is 0.313 e. The predicted octanol–water partition coefficient (Wildman–Crippen LogP) is 2.58. The first-order valence-electron chi connectivity index (χ1n) is 5.72. The van der Waals surface area contributed by atoms with Crippen LogP contribution in [0.5, 0.6) is 0 Å². The van der Waals surface area contributed by atoms with Crippen LogP contribution in [0.1, 0.15) is 25.3 Å². The van der Waals surface area contributed by atoms with E-state index in [4.69, 9.17) is 22.1 Å². The third kappa shape index (κ3) is 3.72. The minimum Gasteiger partial charge on any atom is -0.466 e. The van der Waals surface area contributed by atoms with E-state index in [1.807, 2.05) is 19.1 Å². The van der Waals surface area contributed by atoms with Crippen molar-refractivity contribution in [2.24, 2.45) is 11.7 Å². The molecule has 4 heteroatoms. The SMILES string of the molecule is CCOC(=O)C(c1ccc(Cl)cc1)C(C)CN. The third-order valence-corrected chi connectivity index (χ3v) is 2.96. The molecule has 1 aromatic rings. The lowest BCUT2D eigenvalue weighted by Crippen LogP contribution is -2.27. The van der Waals surface area contributed by atoms with Crippen LogP contribution in [0.25, 0.3) is 0 Å². The van der Waals surface area contributed by atoms with Crippen molar-refractivity contribution in [3.8, 4) is 0 Å². The topological polar surface area (TPSA) is 52.3 Å². The van der Waals surface area contributed by atoms with Gasteiger partial charge >= 0.3 is 5.97 Å². The molecule has 3 nitrogen and oxygen atoms in total. The van der Waals surface area contributed by atoms with E-state index in [0.29, 0.717) is 18.2 Å². The predicted molar refractivity (Wildman–Crippen MR) is 69.0 cm³/mol. The fourth-order valence-electron chi connectivity index (χ4n) is 1.74. The Hall–Kier alpha value is -1.06. The van der Waals surface area contributed by atoms with Crippen molar-refractivity contribution < 1.29 is 9.53 Å². The summed E-state index contributed by atoms with van der Waals surface area (Å²) in [5.41, 5.74) is 6.53. The molecule has 2 unspecified atom stereocenters. The van der Waals surface area contributed by atoms with Gasteiger partial charge in [0.2, 0.25) is 0 Å². The van der Waals surface area contributed by atoms with Gasteiger partial charge in [0.1, 0.15) is 0 Å². The van der Waals surface area contributed by atoms with Gasteiger partial charge in [-0.05, 0) is 37.1 Å². The second-order valence-electron chi connectivity index (χ2n) is 3.99. The highest BCUT2D eigenvalue weighted by Crippen LogP contribution is 2.26. The van der Waals surface area contributed by atoms with Gasteiger partial charge in [-0.15, -0.1) is 0 Å². The van der Waals surface area contributed by atoms with Gasteiger partial charge < -0.3 is 10.5 Å². The van der Waals surface area contributed by atoms with Gasteiger partial charge in [-0.25, -0.2) is 0 Å². The molecule has 0 bridgehead atoms. The second kappa shape index (κ2) is 6.62. The number of carbonyl (C=O) groups is 1. The van der Waals surface area contributed by atoms with E-state index in [-0.39, 0.29) is 17.8 Å². The van der Waals surface area contributed by atoms with E-state index in [9.17, 15) is 4.79 Å². The summed E-state index contributed by atoms with van der Waals surface area (Å²) in [5.74, 6) is -0.514. The van der Waals surface area contributed by atoms with Crippen LogP contribution in [-0.4, -0.2) is 19.1 Å². The number of halogens is 1. The molecule has 0 aromatic heterocycles. The molecule has 1 rings (SSSR count). The van der Waals surface area contributed by atoms with Crippen molar-refractivity contribution in [1.29, 1.82) is 0 Å². The maximum Gasteiger partial charge on any atom is 0.313 e. The van der Waals surface area contributed by atoms with Gasteiger partial charge in [0.05, 0.1) is 12.5 Å². The zero-order chi connectivity index (χ0) is 12.8. The minimum atomic E-state index is -0.322. The highest BCUT2D eigenvalue weighted by atomic mass is 35.5. The van der Waals surface area contributed by atoms with Gasteiger partial charge in [-0.3, -0.25) is 4.79 Å². The number of rotatable bonds is 5. The number of carbonyl (C=O) groups excluding carboxylic acids is 1. The fraction of sp³-hybridized carbons (Fsp3) is 0.462. The van der Waals surface area contributed by atoms with E-state index >= 15 is 0 Å². The summed E-state index contributed by atoms with van der Waals surface area (Å²) in [7, 11) is 0. The van der Waals surface area contributed by atoms with Crippen LogP contribution in [0.4, 0.5) is 0 Å². The molecule has 0 amide bonds. The summed E-state index contributed by atoms with van der Waals surface area (Å²) in [4.78, 5) is 11.9. The van der Waals surface area contributed by atoms with E-state index in [0.717, 1.165) is 5.56 Å². The average Bonchev–Trinajstić information content (AvgIpc) is 2.32. The molecule has 0 saturated heterocycles. The lowest BCUT2D eigenvalue weighted by atomic mass is 9.87. The highest BCUT2D eigenvalue weighted by molar-refractivity contribution is 6.30. The Morgan fingerprint density at radius 3 is 2.47 bits per heavy atom. The Labute approximate surface area is 107 Å². The van der Waals surface area contributed by atoms with Crippen LogP contribution in [0.2, 0.25) is 5.02 Å². The van der Waals surface area contributed by atoms with E-state index in [1.165, 1.54) is 0 Å². The molecule has 2 atom stereocenters. The van der Waals surface area contributed by atoms with Gasteiger partial charge in [-0.1, -0.05) is 30.7 Å². The molecule has 2 N–H and O–H groups in total. The first kappa shape index (κ1) is 14.0. The normalized spacial score (nSPS) is 14.1. The molecule has 0 fully saturated rings. The molecule has 0 heterocycles. The monoisotopic (exact) mass is 255 g/mol. The van der Waals surface area contributed by atoms with Crippen molar-refractivity contribution in [3.05, 3.63) is 34.9 Å². The molecule has 0 saturated carbocycles. The van der Waals surface area contributed by atoms with Crippen molar-refractivity contribution in [2.75, 3.05) is 13.2 Å². The van der Waals surface area contributed by atoms with Crippen LogP contribution in [-0.2, 0) is 9.53 Å². The van der Waals surface area contributed by atoms with Crippen molar-refractivity contribution >= 4 is 17.6 Å². The third-order valence-electron chi connectivity index (χ3n) is 2.71. The number of esters is 1. The lowest BCUT2D eigenvalue weighted by molar-refractivity contribution is -0.146. The summed E-state index contributed by atoms with van der Waals surface area (Å²) in [6.45, 7) is 4.55. The van der Waals surface area contributed by atoms with E-state index < -0.39 is 0 Å². The van der Waals surface area contributed by atoms with Gasteiger partial charge in [0.15, 0.2) is 0 Å². The van der Waals surface area contributed by atoms with Crippen molar-refractivity contribution in [2.45, 2.75) is 19.8 Å². The number of hydrogen-bond donors (Lipinski definition) is 1. The lowest BCUT2D eigenvalue weighted by Gasteiger charge is -2.21. The number of benzene rings is 1. The zero-order valence-electron chi connectivity index (χ0n) is 10.2. The Morgan fingerprint density at radius 1 is 1.41 bits per heavy atom. The van der Waals surface area contributed by atoms with Crippen molar-refractivity contribution in [3.63, 3.8) is 0 Å². The Morgan fingerprint density at radius 2 is 2.00 bits per heavy atom. The van der Waals surface area contributed by atoms with Gasteiger partial charge in [-0.2, -0.15) is 0 Å². The van der Waals surface area contributed by atoms with E-state index in [1.54, 1.807) is 19.1 Å². The number of hydrogen-bond acceptors (Lipinski definition) is 3. The van der Waals surface area contributed by atoms with E-state index in [2.05, 4.69) is 0 Å². The first-order valence-corrected chi connectivity index (χ1v) is 6.10. The molecule has 1 aromatic carbocycles. The van der Waals surface area contributed by atoms with Crippen LogP contribution in [0.3, 0.4) is 0 Å². The molecule has 0 aliphatic heterocycles. The number of nitrogens with two attached hydrogens (primary N) is 1. The van der Waals surface area contributed by atoms with Gasteiger partial charge in [0.25, 0.3) is 0 Å². The summed E-state index contributed by atoms with van der Waals surface area (Å²) in [6.07, 6.45) is 0. The Balaban J connectivity index is 2.97. The van der Waals surface area contributed by atoms with Crippen LogP contribution in [0, 0.1) is 5.92 Å². The average molecular weight is 256 g/mol. The minimum absolute atomic E-state index is 0.0372. The standard InChI is InChI=1S/C13H18ClNO2/c1-3-17-13(16)12(9(2)8-15)10-4-6-11(14)7-5-10/h4-7,9,12H,3,8,15H2,1-2H3. The zero-order valence-corrected chi connectivity index (χ0v) is 10.9. The maximum atomic E-state index is 11.9. The summed E-state index contributed by atoms with van der Waals surface area (Å²) < 4.78 is 5.08. The molecule has 0 aliphatic carbocycles. The Bertz CT molecular complexity index is 364. The molecule has 94 valence electrons. The van der Waals surface area contributed by atoms with Gasteiger partial charge in [0, 0.05) is 5.02 Å². The molecule has 0 spiro atoms. The van der Waals surface area contributed by atoms with Crippen LogP contribution < -0.4 is 5.73 Å². The molecule has 17 heavy (non-hydrogen) atoms. The summed E-state index contributed by atoms with van der Waals surface area (Å²) >= 11 is 5.83. The summed E-state index contributed by atoms with van der Waals surface area (Å²) in [5, 5.41) is 0.650. The second-order valence-corrected chi connectivity index (χ2v) is 4.43. The first-order chi connectivity index (χ1) is 8.10. The largest absolute Gasteiger partial charge is 0.466 e. The fourth-order valence-corrected chi connectivity index (χ4v) is 1.86. The molecule has 0 radical (unpaired) electrons. The van der Waals surface area contributed by atoms with Crippen LogP contribution >= 0.6 is 11.6 Å². The molecule has 0 aliphatic rings. The highest BCUT2D eigenvalue weighted by Gasteiger charge is 2.27. The summed E-state index contributed by atoms with van der Waals surface area (Å²) in [6, 6.07) is 7.23. The molecular weight excluding hydrogens is 238 g/mol. The Kier molecular flexibility index (Phi) is 5.45.